The van der Waals surface area contributed by atoms with Gasteiger partial charge >= 0.3 is 0 Å². The highest BCUT2D eigenvalue weighted by atomic mass is 79.9. The number of hydrogen-bond acceptors (Lipinski definition) is 1. The summed E-state index contributed by atoms with van der Waals surface area (Å²) in [4.78, 5) is 0. The molecule has 1 N–H and O–H groups in total. The summed E-state index contributed by atoms with van der Waals surface area (Å²) in [5.74, 6) is 1.02. The number of halogens is 1. The van der Waals surface area contributed by atoms with Crippen LogP contribution < -0.4 is 5.32 Å². The van der Waals surface area contributed by atoms with Gasteiger partial charge in [0.2, 0.25) is 0 Å². The minimum absolute atomic E-state index is 0.531. The summed E-state index contributed by atoms with van der Waals surface area (Å²) in [6, 6.07) is 7.10. The van der Waals surface area contributed by atoms with Crippen LogP contribution in [0, 0.1) is 12.8 Å². The topological polar surface area (TPSA) is 12.0 Å². The molecule has 0 spiro atoms. The Labute approximate surface area is 119 Å². The van der Waals surface area contributed by atoms with Gasteiger partial charge in [-0.1, -0.05) is 47.8 Å². The minimum atomic E-state index is 0.531. The maximum atomic E-state index is 3.72. The predicted molar refractivity (Wildman–Crippen MR) is 81.9 cm³/mol. The van der Waals surface area contributed by atoms with E-state index in [1.54, 1.807) is 0 Å². The molecule has 0 bridgehead atoms. The van der Waals surface area contributed by atoms with Crippen molar-refractivity contribution in [2.75, 3.05) is 6.54 Å². The molecule has 0 radical (unpaired) electrons. The van der Waals surface area contributed by atoms with E-state index in [0.29, 0.717) is 6.04 Å². The van der Waals surface area contributed by atoms with Crippen molar-refractivity contribution in [3.05, 3.63) is 33.8 Å². The van der Waals surface area contributed by atoms with Gasteiger partial charge in [0, 0.05) is 10.5 Å². The number of nitrogens with one attached hydrogen (secondary N) is 1. The van der Waals surface area contributed by atoms with E-state index in [2.05, 4.69) is 53.3 Å². The van der Waals surface area contributed by atoms with Crippen molar-refractivity contribution in [2.45, 2.75) is 52.0 Å². The fourth-order valence-electron chi connectivity index (χ4n) is 2.50. The lowest BCUT2D eigenvalue weighted by atomic mass is 9.96. The van der Waals surface area contributed by atoms with Gasteiger partial charge in [0.25, 0.3) is 0 Å². The Hall–Kier alpha value is -0.340. The maximum absolute atomic E-state index is 3.72. The monoisotopic (exact) mass is 309 g/mol. The zero-order chi connectivity index (χ0) is 13.0. The molecule has 0 saturated heterocycles. The maximum Gasteiger partial charge on any atom is 0.0323 e. The lowest BCUT2D eigenvalue weighted by molar-refractivity contribution is 0.468. The second-order valence-electron chi connectivity index (χ2n) is 5.48. The van der Waals surface area contributed by atoms with Gasteiger partial charge in [-0.2, -0.15) is 0 Å². The lowest BCUT2D eigenvalue weighted by Gasteiger charge is -2.21. The third-order valence-electron chi connectivity index (χ3n) is 3.89. The van der Waals surface area contributed by atoms with E-state index in [1.807, 2.05) is 0 Å². The Balaban J connectivity index is 2.06. The molecule has 1 saturated carbocycles. The quantitative estimate of drug-likeness (QED) is 0.748. The van der Waals surface area contributed by atoms with Crippen LogP contribution in [0.4, 0.5) is 0 Å². The van der Waals surface area contributed by atoms with Gasteiger partial charge < -0.3 is 5.32 Å². The molecule has 0 heterocycles. The molecule has 1 atom stereocenters. The van der Waals surface area contributed by atoms with Crippen LogP contribution in [-0.2, 0) is 0 Å². The molecule has 18 heavy (non-hydrogen) atoms. The Morgan fingerprint density at radius 1 is 1.39 bits per heavy atom. The van der Waals surface area contributed by atoms with Crippen molar-refractivity contribution in [1.82, 2.24) is 5.32 Å². The smallest absolute Gasteiger partial charge is 0.0323 e. The van der Waals surface area contributed by atoms with Gasteiger partial charge in [0.15, 0.2) is 0 Å². The second kappa shape index (κ2) is 6.72. The van der Waals surface area contributed by atoms with Gasteiger partial charge in [0.1, 0.15) is 0 Å². The molecule has 0 amide bonds. The molecule has 0 aliphatic heterocycles. The molecule has 2 rings (SSSR count). The summed E-state index contributed by atoms with van der Waals surface area (Å²) in [5.41, 5.74) is 2.86. The standard InChI is InChI=1S/C16H24BrN/c1-3-11-18-16(10-9-13-7-8-13)14-5-4-6-15(17)12(14)2/h4-6,13,16,18H,3,7-11H2,1-2H3. The van der Waals surface area contributed by atoms with E-state index < -0.39 is 0 Å². The predicted octanol–water partition coefficient (Wildman–Crippen LogP) is 4.99. The molecule has 0 aromatic heterocycles. The molecule has 1 aliphatic carbocycles. The van der Waals surface area contributed by atoms with Crippen molar-refractivity contribution < 1.29 is 0 Å². The zero-order valence-corrected chi connectivity index (χ0v) is 13.1. The highest BCUT2D eigenvalue weighted by molar-refractivity contribution is 9.10. The van der Waals surface area contributed by atoms with Crippen molar-refractivity contribution in [3.63, 3.8) is 0 Å². The molecular formula is C16H24BrN. The average Bonchev–Trinajstić information content (AvgIpc) is 3.18. The van der Waals surface area contributed by atoms with Crippen molar-refractivity contribution in [1.29, 1.82) is 0 Å². The molecule has 1 unspecified atom stereocenters. The van der Waals surface area contributed by atoms with Crippen LogP contribution in [0.1, 0.15) is 56.2 Å². The molecule has 1 aliphatic rings. The van der Waals surface area contributed by atoms with Crippen LogP contribution in [0.25, 0.3) is 0 Å². The molecule has 1 aromatic carbocycles. The number of benzene rings is 1. The SMILES string of the molecule is CCCNC(CCC1CC1)c1cccc(Br)c1C. The van der Waals surface area contributed by atoms with Crippen LogP contribution >= 0.6 is 15.9 Å². The fraction of sp³-hybridized carbons (Fsp3) is 0.625. The molecular weight excluding hydrogens is 286 g/mol. The van der Waals surface area contributed by atoms with Crippen LogP contribution in [0.3, 0.4) is 0 Å². The minimum Gasteiger partial charge on any atom is -0.310 e. The second-order valence-corrected chi connectivity index (χ2v) is 6.34. The molecule has 1 nitrogen and oxygen atoms in total. The third-order valence-corrected chi connectivity index (χ3v) is 4.75. The summed E-state index contributed by atoms with van der Waals surface area (Å²) >= 11 is 3.65. The summed E-state index contributed by atoms with van der Waals surface area (Å²) < 4.78 is 1.23. The lowest BCUT2D eigenvalue weighted by Crippen LogP contribution is -2.23. The Kier molecular flexibility index (Phi) is 5.25. The largest absolute Gasteiger partial charge is 0.310 e. The van der Waals surface area contributed by atoms with Gasteiger partial charge in [-0.05, 0) is 55.8 Å². The van der Waals surface area contributed by atoms with Gasteiger partial charge in [-0.25, -0.2) is 0 Å². The van der Waals surface area contributed by atoms with Crippen LogP contribution in [0.2, 0.25) is 0 Å². The fourth-order valence-corrected chi connectivity index (χ4v) is 2.88. The first-order valence-electron chi connectivity index (χ1n) is 7.20. The summed E-state index contributed by atoms with van der Waals surface area (Å²) in [7, 11) is 0. The zero-order valence-electron chi connectivity index (χ0n) is 11.5. The highest BCUT2D eigenvalue weighted by Gasteiger charge is 2.23. The van der Waals surface area contributed by atoms with E-state index >= 15 is 0 Å². The Bertz CT molecular complexity index is 385. The van der Waals surface area contributed by atoms with Gasteiger partial charge in [-0.3, -0.25) is 0 Å². The van der Waals surface area contributed by atoms with E-state index in [9.17, 15) is 0 Å². The van der Waals surface area contributed by atoms with E-state index in [1.165, 1.54) is 47.7 Å². The van der Waals surface area contributed by atoms with E-state index in [4.69, 9.17) is 0 Å². The molecule has 1 fully saturated rings. The van der Waals surface area contributed by atoms with Crippen LogP contribution in [0.5, 0.6) is 0 Å². The molecule has 2 heteroatoms. The van der Waals surface area contributed by atoms with Crippen LogP contribution in [0.15, 0.2) is 22.7 Å². The molecule has 1 aromatic rings. The van der Waals surface area contributed by atoms with Gasteiger partial charge in [0.05, 0.1) is 0 Å². The number of hydrogen-bond donors (Lipinski definition) is 1. The summed E-state index contributed by atoms with van der Waals surface area (Å²) in [6.07, 6.45) is 6.78. The third kappa shape index (κ3) is 3.83. The normalized spacial score (nSPS) is 16.8. The van der Waals surface area contributed by atoms with Gasteiger partial charge in [-0.15, -0.1) is 0 Å². The molecule has 100 valence electrons. The average molecular weight is 310 g/mol. The van der Waals surface area contributed by atoms with E-state index in [0.717, 1.165) is 12.5 Å². The van der Waals surface area contributed by atoms with Crippen molar-refractivity contribution in [3.8, 4) is 0 Å². The first-order valence-corrected chi connectivity index (χ1v) is 8.00. The van der Waals surface area contributed by atoms with Crippen molar-refractivity contribution >= 4 is 15.9 Å². The number of rotatable bonds is 7. The summed E-state index contributed by atoms with van der Waals surface area (Å²) in [5, 5.41) is 3.72. The summed E-state index contributed by atoms with van der Waals surface area (Å²) in [6.45, 7) is 5.57. The van der Waals surface area contributed by atoms with Crippen LogP contribution in [-0.4, -0.2) is 6.54 Å². The first-order chi connectivity index (χ1) is 8.72. The Morgan fingerprint density at radius 2 is 2.17 bits per heavy atom. The van der Waals surface area contributed by atoms with E-state index in [-0.39, 0.29) is 0 Å². The highest BCUT2D eigenvalue weighted by Crippen LogP contribution is 2.36. The van der Waals surface area contributed by atoms with Crippen molar-refractivity contribution in [2.24, 2.45) is 5.92 Å². The first kappa shape index (κ1) is 14.1. The Morgan fingerprint density at radius 3 is 2.83 bits per heavy atom.